The smallest absolute Gasteiger partial charge is 0.422 e. The summed E-state index contributed by atoms with van der Waals surface area (Å²) >= 11 is 0. The zero-order valence-corrected chi connectivity index (χ0v) is 19.1. The molecule has 12 heteroatoms. The van der Waals surface area contributed by atoms with E-state index in [1.165, 1.54) is 4.90 Å². The van der Waals surface area contributed by atoms with Gasteiger partial charge in [0.2, 0.25) is 18.6 Å². The number of esters is 1. The van der Waals surface area contributed by atoms with E-state index in [2.05, 4.69) is 15.0 Å². The normalized spacial score (nSPS) is 22.5. The molecule has 0 saturated carbocycles. The van der Waals surface area contributed by atoms with E-state index >= 15 is 0 Å². The first-order chi connectivity index (χ1) is 17.7. The number of carbonyl (C=O) groups is 3. The van der Waals surface area contributed by atoms with Gasteiger partial charge in [0.1, 0.15) is 12.1 Å². The van der Waals surface area contributed by atoms with Gasteiger partial charge < -0.3 is 29.4 Å². The topological polar surface area (TPSA) is 110 Å². The summed E-state index contributed by atoms with van der Waals surface area (Å²) in [6, 6.07) is 9.78. The van der Waals surface area contributed by atoms with E-state index in [4.69, 9.17) is 9.47 Å². The highest BCUT2D eigenvalue weighted by molar-refractivity contribution is 6.00. The monoisotopic (exact) mass is 515 g/mol. The minimum Gasteiger partial charge on any atom is -0.456 e. The van der Waals surface area contributed by atoms with Crippen molar-refractivity contribution in [3.63, 3.8) is 0 Å². The Kier molecular flexibility index (Phi) is 5.28. The number of hydrogen-bond donors (Lipinski definition) is 2. The van der Waals surface area contributed by atoms with Crippen LogP contribution in [0.1, 0.15) is 29.3 Å². The van der Waals surface area contributed by atoms with Gasteiger partial charge in [-0.2, -0.15) is 13.2 Å². The van der Waals surface area contributed by atoms with E-state index in [-0.39, 0.29) is 13.2 Å². The van der Waals surface area contributed by atoms with Gasteiger partial charge in [-0.25, -0.2) is 0 Å². The van der Waals surface area contributed by atoms with Crippen LogP contribution in [0.25, 0.3) is 10.9 Å². The molecule has 9 nitrogen and oxygen atoms in total. The molecule has 3 atom stereocenters. The third-order valence-corrected chi connectivity index (χ3v) is 6.78. The number of hydrogen-bond acceptors (Lipinski definition) is 6. The fourth-order valence-corrected chi connectivity index (χ4v) is 5.23. The fraction of sp³-hybridized carbons (Fsp3) is 0.320. The van der Waals surface area contributed by atoms with E-state index in [0.717, 1.165) is 16.5 Å². The number of para-hydroxylation sites is 1. The molecule has 192 valence electrons. The molecule has 2 N–H and O–H groups in total. The van der Waals surface area contributed by atoms with Gasteiger partial charge in [-0.15, -0.1) is 0 Å². The Morgan fingerprint density at radius 1 is 1.11 bits per heavy atom. The average Bonchev–Trinajstić information content (AvgIpc) is 3.48. The lowest BCUT2D eigenvalue weighted by Gasteiger charge is -2.46. The second kappa shape index (κ2) is 8.43. The highest BCUT2D eigenvalue weighted by Crippen LogP contribution is 2.44. The van der Waals surface area contributed by atoms with E-state index < -0.39 is 55.1 Å². The molecule has 1 aromatic heterocycles. The Hall–Kier alpha value is -4.22. The van der Waals surface area contributed by atoms with E-state index in [0.29, 0.717) is 22.8 Å². The number of nitrogens with one attached hydrogen (secondary N) is 2. The lowest BCUT2D eigenvalue weighted by atomic mass is 9.85. The molecule has 2 aromatic carbocycles. The van der Waals surface area contributed by atoms with E-state index in [1.54, 1.807) is 18.2 Å². The quantitative estimate of drug-likeness (QED) is 0.518. The lowest BCUT2D eigenvalue weighted by Crippen LogP contribution is -2.66. The van der Waals surface area contributed by atoms with Crippen molar-refractivity contribution in [1.29, 1.82) is 0 Å². The Bertz CT molecular complexity index is 1430. The molecule has 3 aliphatic rings. The number of amides is 2. The maximum atomic E-state index is 13.7. The third kappa shape index (κ3) is 4.02. The maximum Gasteiger partial charge on any atom is 0.422 e. The molecular weight excluding hydrogens is 495 g/mol. The summed E-state index contributed by atoms with van der Waals surface area (Å²) in [6.07, 6.45) is -5.20. The molecule has 0 aliphatic carbocycles. The van der Waals surface area contributed by atoms with Gasteiger partial charge in [-0.1, -0.05) is 24.3 Å². The highest BCUT2D eigenvalue weighted by atomic mass is 19.4. The van der Waals surface area contributed by atoms with Crippen LogP contribution in [0.15, 0.2) is 42.5 Å². The SMILES string of the molecule is O=C(C[C@@H]1NC(=O)[C@H]2Cc3c([nH]c4ccccc34)[C@@H](c3ccc4c(c3)OCO4)N2C1=O)OCC(F)(F)F. The van der Waals surface area contributed by atoms with Gasteiger partial charge in [0, 0.05) is 23.0 Å². The number of ether oxygens (including phenoxy) is 3. The van der Waals surface area contributed by atoms with Gasteiger partial charge in [0.15, 0.2) is 18.1 Å². The van der Waals surface area contributed by atoms with Crippen molar-refractivity contribution in [3.05, 3.63) is 59.3 Å². The number of H-pyrrole nitrogens is 1. The number of carbonyl (C=O) groups excluding carboxylic acids is 3. The number of halogens is 3. The summed E-state index contributed by atoms with van der Waals surface area (Å²) in [6.45, 7) is -1.72. The van der Waals surface area contributed by atoms with Crippen LogP contribution in [0.4, 0.5) is 13.2 Å². The highest BCUT2D eigenvalue weighted by Gasteiger charge is 2.49. The predicted octanol–water partition coefficient (Wildman–Crippen LogP) is 2.73. The molecule has 0 spiro atoms. The average molecular weight is 515 g/mol. The zero-order chi connectivity index (χ0) is 25.9. The molecular formula is C25H20F3N3O6. The molecule has 4 heterocycles. The first kappa shape index (κ1) is 23.2. The van der Waals surface area contributed by atoms with Gasteiger partial charge in [-0.3, -0.25) is 14.4 Å². The van der Waals surface area contributed by atoms with Crippen molar-refractivity contribution in [2.45, 2.75) is 37.1 Å². The third-order valence-electron chi connectivity index (χ3n) is 6.78. The molecule has 1 fully saturated rings. The number of aromatic amines is 1. The summed E-state index contributed by atoms with van der Waals surface area (Å²) in [5, 5.41) is 3.43. The first-order valence-corrected chi connectivity index (χ1v) is 11.5. The van der Waals surface area contributed by atoms with Crippen LogP contribution >= 0.6 is 0 Å². The molecule has 0 unspecified atom stereocenters. The van der Waals surface area contributed by atoms with E-state index in [9.17, 15) is 27.6 Å². The molecule has 2 amide bonds. The van der Waals surface area contributed by atoms with Crippen molar-refractivity contribution in [2.75, 3.05) is 13.4 Å². The van der Waals surface area contributed by atoms with Gasteiger partial charge in [-0.05, 0) is 29.3 Å². The lowest BCUT2D eigenvalue weighted by molar-refractivity contribution is -0.187. The number of rotatable bonds is 4. The molecule has 6 rings (SSSR count). The van der Waals surface area contributed by atoms with Crippen molar-refractivity contribution >= 4 is 28.7 Å². The van der Waals surface area contributed by atoms with Crippen molar-refractivity contribution in [2.24, 2.45) is 0 Å². The van der Waals surface area contributed by atoms with Crippen molar-refractivity contribution in [1.82, 2.24) is 15.2 Å². The largest absolute Gasteiger partial charge is 0.456 e. The van der Waals surface area contributed by atoms with Crippen molar-refractivity contribution in [3.8, 4) is 11.5 Å². The molecule has 3 aliphatic heterocycles. The van der Waals surface area contributed by atoms with E-state index in [1.807, 2.05) is 24.3 Å². The van der Waals surface area contributed by atoms with Crippen LogP contribution < -0.4 is 14.8 Å². The summed E-state index contributed by atoms with van der Waals surface area (Å²) in [7, 11) is 0. The second-order valence-electron chi connectivity index (χ2n) is 9.08. The molecule has 0 bridgehead atoms. The van der Waals surface area contributed by atoms with Crippen molar-refractivity contribution < 1.29 is 41.8 Å². The molecule has 37 heavy (non-hydrogen) atoms. The molecule has 1 saturated heterocycles. The number of alkyl halides is 3. The minimum atomic E-state index is -4.70. The fourth-order valence-electron chi connectivity index (χ4n) is 5.23. The number of aromatic nitrogens is 1. The van der Waals surface area contributed by atoms with Crippen LogP contribution in [0.2, 0.25) is 0 Å². The first-order valence-electron chi connectivity index (χ1n) is 11.5. The Balaban J connectivity index is 1.40. The minimum absolute atomic E-state index is 0.0525. The zero-order valence-electron chi connectivity index (χ0n) is 19.1. The number of fused-ring (bicyclic) bond motifs is 5. The Morgan fingerprint density at radius 2 is 1.89 bits per heavy atom. The summed E-state index contributed by atoms with van der Waals surface area (Å²) < 4.78 is 52.6. The van der Waals surface area contributed by atoms with Gasteiger partial charge >= 0.3 is 12.1 Å². The maximum absolute atomic E-state index is 13.7. The van der Waals surface area contributed by atoms with Crippen LogP contribution in [0.3, 0.4) is 0 Å². The van der Waals surface area contributed by atoms with Crippen LogP contribution in [0, 0.1) is 0 Å². The Morgan fingerprint density at radius 3 is 2.70 bits per heavy atom. The molecule has 0 radical (unpaired) electrons. The summed E-state index contributed by atoms with van der Waals surface area (Å²) in [5.74, 6) is -1.31. The number of piperazine rings is 1. The van der Waals surface area contributed by atoms with Crippen LogP contribution in [-0.4, -0.2) is 59.3 Å². The number of nitrogens with zero attached hydrogens (tertiary/aromatic N) is 1. The second-order valence-corrected chi connectivity index (χ2v) is 9.08. The van der Waals surface area contributed by atoms with Gasteiger partial charge in [0.05, 0.1) is 12.5 Å². The Labute approximate surface area is 207 Å². The predicted molar refractivity (Wildman–Crippen MR) is 121 cm³/mol. The number of benzene rings is 2. The standard InChI is InChI=1S/C25H20F3N3O6/c26-25(27,28)10-35-20(32)9-16-24(34)31-17(23(33)30-16)8-14-13-3-1-2-4-15(13)29-21(14)22(31)12-5-6-18-19(7-12)37-11-36-18/h1-7,16-17,22,29H,8-11H2,(H,30,33)/t16-,17+,22+/m0/s1. The van der Waals surface area contributed by atoms with Crippen LogP contribution in [-0.2, 0) is 25.5 Å². The van der Waals surface area contributed by atoms with Gasteiger partial charge in [0.25, 0.3) is 0 Å². The van der Waals surface area contributed by atoms with Crippen LogP contribution in [0.5, 0.6) is 11.5 Å². The summed E-state index contributed by atoms with van der Waals surface area (Å²) in [4.78, 5) is 43.8. The molecule has 3 aromatic rings. The summed E-state index contributed by atoms with van der Waals surface area (Å²) in [5.41, 5.74) is 3.06.